The van der Waals surface area contributed by atoms with Crippen LogP contribution < -0.4 is 5.32 Å². The average Bonchev–Trinajstić information content (AvgIpc) is 2.66. The molecule has 0 saturated heterocycles. The summed E-state index contributed by atoms with van der Waals surface area (Å²) < 4.78 is 5.19. The van der Waals surface area contributed by atoms with Crippen LogP contribution in [-0.4, -0.2) is 36.7 Å². The second kappa shape index (κ2) is 7.12. The van der Waals surface area contributed by atoms with E-state index < -0.39 is 0 Å². The second-order valence-electron chi connectivity index (χ2n) is 3.89. The predicted octanol–water partition coefficient (Wildman–Crippen LogP) is 2.27. The molecule has 0 radical (unpaired) electrons. The van der Waals surface area contributed by atoms with Crippen LogP contribution in [0.25, 0.3) is 0 Å². The number of thioether (sulfide) groups is 1. The minimum Gasteiger partial charge on any atom is -0.383 e. The van der Waals surface area contributed by atoms with Crippen molar-refractivity contribution in [2.75, 3.05) is 19.5 Å². The molecule has 0 aromatic carbocycles. The van der Waals surface area contributed by atoms with E-state index in [-0.39, 0.29) is 0 Å². The van der Waals surface area contributed by atoms with Gasteiger partial charge in [-0.05, 0) is 12.8 Å². The number of ether oxygens (including phenoxy) is 1. The zero-order chi connectivity index (χ0) is 11.1. The molecule has 88 valence electrons. The van der Waals surface area contributed by atoms with E-state index >= 15 is 0 Å². The lowest BCUT2D eigenvalue weighted by Crippen LogP contribution is -2.35. The van der Waals surface area contributed by atoms with Crippen molar-refractivity contribution in [2.24, 2.45) is 4.99 Å². The van der Waals surface area contributed by atoms with Crippen LogP contribution in [0, 0.1) is 0 Å². The number of amidine groups is 1. The Morgan fingerprint density at radius 1 is 1.60 bits per heavy atom. The number of rotatable bonds is 6. The first-order valence-electron chi connectivity index (χ1n) is 5.76. The Balaban J connectivity index is 2.37. The highest BCUT2D eigenvalue weighted by Gasteiger charge is 2.18. The lowest BCUT2D eigenvalue weighted by Gasteiger charge is -2.17. The van der Waals surface area contributed by atoms with Gasteiger partial charge in [0.25, 0.3) is 0 Å². The van der Waals surface area contributed by atoms with E-state index in [0.29, 0.717) is 12.1 Å². The van der Waals surface area contributed by atoms with Gasteiger partial charge in [0.05, 0.1) is 18.7 Å². The number of hydrogen-bond acceptors (Lipinski definition) is 4. The van der Waals surface area contributed by atoms with Gasteiger partial charge in [0.15, 0.2) is 5.17 Å². The van der Waals surface area contributed by atoms with Crippen molar-refractivity contribution >= 4 is 16.9 Å². The first-order valence-corrected chi connectivity index (χ1v) is 6.74. The average molecular weight is 230 g/mol. The van der Waals surface area contributed by atoms with Gasteiger partial charge >= 0.3 is 0 Å². The van der Waals surface area contributed by atoms with E-state index in [1.807, 2.05) is 11.8 Å². The lowest BCUT2D eigenvalue weighted by molar-refractivity contribution is 0.170. The number of hydrogen-bond donors (Lipinski definition) is 1. The third-order valence-corrected chi connectivity index (χ3v) is 3.56. The molecule has 0 fully saturated rings. The Morgan fingerprint density at radius 3 is 2.93 bits per heavy atom. The number of aliphatic imine (C=N–C) groups is 1. The molecule has 0 aliphatic carbocycles. The van der Waals surface area contributed by atoms with E-state index in [2.05, 4.69) is 24.2 Å². The number of nitrogens with one attached hydrogen (secondary N) is 1. The van der Waals surface area contributed by atoms with E-state index in [9.17, 15) is 0 Å². The van der Waals surface area contributed by atoms with Gasteiger partial charge in [-0.15, -0.1) is 0 Å². The Morgan fingerprint density at radius 2 is 2.40 bits per heavy atom. The maximum absolute atomic E-state index is 5.19. The molecule has 1 rings (SSSR count). The van der Waals surface area contributed by atoms with E-state index in [1.165, 1.54) is 6.42 Å². The maximum atomic E-state index is 5.19. The molecule has 2 atom stereocenters. The van der Waals surface area contributed by atoms with Crippen LogP contribution in [-0.2, 0) is 4.74 Å². The summed E-state index contributed by atoms with van der Waals surface area (Å²) in [4.78, 5) is 4.62. The molecular formula is C11H22N2OS. The molecule has 2 unspecified atom stereocenters. The molecule has 1 aliphatic heterocycles. The van der Waals surface area contributed by atoms with Gasteiger partial charge in [-0.25, -0.2) is 0 Å². The molecule has 0 amide bonds. The monoisotopic (exact) mass is 230 g/mol. The van der Waals surface area contributed by atoms with Crippen molar-refractivity contribution in [3.63, 3.8) is 0 Å². The largest absolute Gasteiger partial charge is 0.383 e. The van der Waals surface area contributed by atoms with Crippen LogP contribution in [0.4, 0.5) is 0 Å². The molecule has 0 aromatic rings. The third kappa shape index (κ3) is 4.43. The minimum absolute atomic E-state index is 0.418. The molecular weight excluding hydrogens is 208 g/mol. The van der Waals surface area contributed by atoms with Gasteiger partial charge in [-0.1, -0.05) is 32.0 Å². The quantitative estimate of drug-likeness (QED) is 0.760. The van der Waals surface area contributed by atoms with E-state index in [0.717, 1.165) is 30.4 Å². The van der Waals surface area contributed by atoms with Crippen LogP contribution in [0.3, 0.4) is 0 Å². The molecule has 0 bridgehead atoms. The summed E-state index contributed by atoms with van der Waals surface area (Å²) in [5.41, 5.74) is 0. The predicted molar refractivity (Wildman–Crippen MR) is 67.7 cm³/mol. The fourth-order valence-electron chi connectivity index (χ4n) is 1.62. The van der Waals surface area contributed by atoms with Gasteiger partial charge in [-0.3, -0.25) is 4.99 Å². The van der Waals surface area contributed by atoms with Crippen molar-refractivity contribution in [1.29, 1.82) is 0 Å². The SMILES string of the molecule is CCCC(COC)NC1=NC(CC)CS1. The summed E-state index contributed by atoms with van der Waals surface area (Å²) in [6, 6.07) is 0.934. The van der Waals surface area contributed by atoms with Crippen molar-refractivity contribution in [3.8, 4) is 0 Å². The molecule has 15 heavy (non-hydrogen) atoms. The van der Waals surface area contributed by atoms with Gasteiger partial charge in [0, 0.05) is 12.9 Å². The molecule has 0 spiro atoms. The van der Waals surface area contributed by atoms with E-state index in [1.54, 1.807) is 7.11 Å². The van der Waals surface area contributed by atoms with Crippen LogP contribution >= 0.6 is 11.8 Å². The highest BCUT2D eigenvalue weighted by atomic mass is 32.2. The van der Waals surface area contributed by atoms with Gasteiger partial charge in [-0.2, -0.15) is 0 Å². The topological polar surface area (TPSA) is 33.6 Å². The second-order valence-corrected chi connectivity index (χ2v) is 4.90. The summed E-state index contributed by atoms with van der Waals surface area (Å²) in [7, 11) is 1.75. The highest BCUT2D eigenvalue weighted by Crippen LogP contribution is 2.19. The molecule has 0 aromatic heterocycles. The Bertz CT molecular complexity index is 203. The maximum Gasteiger partial charge on any atom is 0.157 e. The van der Waals surface area contributed by atoms with Crippen LogP contribution in [0.15, 0.2) is 4.99 Å². The third-order valence-electron chi connectivity index (χ3n) is 2.52. The fraction of sp³-hybridized carbons (Fsp3) is 0.909. The molecule has 1 heterocycles. The first-order chi connectivity index (χ1) is 7.30. The molecule has 0 saturated carbocycles. The summed E-state index contributed by atoms with van der Waals surface area (Å²) in [5.74, 6) is 1.13. The summed E-state index contributed by atoms with van der Waals surface area (Å²) >= 11 is 1.84. The van der Waals surface area contributed by atoms with Gasteiger partial charge < -0.3 is 10.1 Å². The molecule has 3 nitrogen and oxygen atoms in total. The molecule has 4 heteroatoms. The lowest BCUT2D eigenvalue weighted by atomic mass is 10.2. The summed E-state index contributed by atoms with van der Waals surface area (Å²) in [6.45, 7) is 5.16. The smallest absolute Gasteiger partial charge is 0.157 e. The highest BCUT2D eigenvalue weighted by molar-refractivity contribution is 8.14. The summed E-state index contributed by atoms with van der Waals surface area (Å²) in [5, 5.41) is 4.58. The van der Waals surface area contributed by atoms with Crippen LogP contribution in [0.1, 0.15) is 33.1 Å². The molecule has 1 N–H and O–H groups in total. The Hall–Kier alpha value is -0.220. The fourth-order valence-corrected chi connectivity index (χ4v) is 2.76. The summed E-state index contributed by atoms with van der Waals surface area (Å²) in [6.07, 6.45) is 3.46. The number of methoxy groups -OCH3 is 1. The van der Waals surface area contributed by atoms with Crippen LogP contribution in [0.2, 0.25) is 0 Å². The van der Waals surface area contributed by atoms with Gasteiger partial charge in [0.2, 0.25) is 0 Å². The Kier molecular flexibility index (Phi) is 6.10. The zero-order valence-electron chi connectivity index (χ0n) is 9.95. The van der Waals surface area contributed by atoms with Gasteiger partial charge in [0.1, 0.15) is 0 Å². The Labute approximate surface area is 97.1 Å². The number of nitrogens with zero attached hydrogens (tertiary/aromatic N) is 1. The first kappa shape index (κ1) is 12.8. The standard InChI is InChI=1S/C11H22N2OS/c1-4-6-10(7-14-3)13-11-12-9(5-2)8-15-11/h9-10H,4-8H2,1-3H3,(H,12,13). The van der Waals surface area contributed by atoms with Crippen molar-refractivity contribution in [3.05, 3.63) is 0 Å². The van der Waals surface area contributed by atoms with Crippen LogP contribution in [0.5, 0.6) is 0 Å². The van der Waals surface area contributed by atoms with Crippen molar-refractivity contribution in [2.45, 2.75) is 45.2 Å². The van der Waals surface area contributed by atoms with Crippen molar-refractivity contribution in [1.82, 2.24) is 5.32 Å². The minimum atomic E-state index is 0.418. The normalized spacial score (nSPS) is 22.6. The zero-order valence-corrected chi connectivity index (χ0v) is 10.8. The van der Waals surface area contributed by atoms with Crippen molar-refractivity contribution < 1.29 is 4.74 Å². The molecule has 1 aliphatic rings. The van der Waals surface area contributed by atoms with E-state index in [4.69, 9.17) is 4.74 Å².